The van der Waals surface area contributed by atoms with Gasteiger partial charge in [-0.3, -0.25) is 10.1 Å². The summed E-state index contributed by atoms with van der Waals surface area (Å²) in [5.74, 6) is 0. The maximum atomic E-state index is 10.7. The Hall–Kier alpha value is -1.62. The van der Waals surface area contributed by atoms with Crippen LogP contribution in [0.5, 0.6) is 0 Å². The fourth-order valence-electron chi connectivity index (χ4n) is 2.67. The maximum absolute atomic E-state index is 10.7. The molecule has 1 aliphatic rings. The Kier molecular flexibility index (Phi) is 5.35. The number of benzene rings is 1. The summed E-state index contributed by atoms with van der Waals surface area (Å²) in [7, 11) is 0. The number of nitrogens with one attached hydrogen (secondary N) is 1. The van der Waals surface area contributed by atoms with Gasteiger partial charge in [-0.1, -0.05) is 12.8 Å². The molecule has 20 heavy (non-hydrogen) atoms. The second-order valence-corrected chi connectivity index (χ2v) is 5.44. The molecule has 0 saturated carbocycles. The zero-order valence-corrected chi connectivity index (χ0v) is 12.1. The van der Waals surface area contributed by atoms with Crippen molar-refractivity contribution in [3.05, 3.63) is 33.9 Å². The molecule has 0 atom stereocenters. The normalized spacial score (nSPS) is 16.6. The first kappa shape index (κ1) is 14.8. The molecule has 0 amide bonds. The third-order valence-corrected chi connectivity index (χ3v) is 3.86. The zero-order valence-electron chi connectivity index (χ0n) is 12.1. The Morgan fingerprint density at radius 2 is 1.95 bits per heavy atom. The van der Waals surface area contributed by atoms with Gasteiger partial charge < -0.3 is 10.2 Å². The van der Waals surface area contributed by atoms with Crippen LogP contribution in [-0.2, 0) is 0 Å². The van der Waals surface area contributed by atoms with Gasteiger partial charge in [-0.15, -0.1) is 0 Å². The summed E-state index contributed by atoms with van der Waals surface area (Å²) in [6.07, 6.45) is 5.31. The Morgan fingerprint density at radius 3 is 2.55 bits per heavy atom. The number of anilines is 1. The Morgan fingerprint density at radius 1 is 1.25 bits per heavy atom. The van der Waals surface area contributed by atoms with Crippen LogP contribution < -0.4 is 5.32 Å². The topological polar surface area (TPSA) is 58.4 Å². The Labute approximate surface area is 120 Å². The maximum Gasteiger partial charge on any atom is 0.269 e. The first-order chi connectivity index (χ1) is 9.66. The van der Waals surface area contributed by atoms with E-state index in [4.69, 9.17) is 0 Å². The monoisotopic (exact) mass is 277 g/mol. The lowest BCUT2D eigenvalue weighted by Crippen LogP contribution is -2.30. The highest BCUT2D eigenvalue weighted by Crippen LogP contribution is 2.21. The standard InChI is InChI=1S/C15H23N3O2/c1-13-12-14(18(19)20)6-7-15(13)16-8-11-17-9-4-2-3-5-10-17/h6-7,12,16H,2-5,8-11H2,1H3. The van der Waals surface area contributed by atoms with E-state index in [1.807, 2.05) is 6.92 Å². The highest BCUT2D eigenvalue weighted by atomic mass is 16.6. The molecule has 1 aromatic rings. The van der Waals surface area contributed by atoms with Crippen molar-refractivity contribution in [2.45, 2.75) is 32.6 Å². The molecule has 0 radical (unpaired) electrons. The lowest BCUT2D eigenvalue weighted by Gasteiger charge is -2.20. The summed E-state index contributed by atoms with van der Waals surface area (Å²) < 4.78 is 0. The van der Waals surface area contributed by atoms with Gasteiger partial charge in [-0.05, 0) is 44.5 Å². The van der Waals surface area contributed by atoms with Gasteiger partial charge in [0.15, 0.2) is 0 Å². The van der Waals surface area contributed by atoms with E-state index in [1.54, 1.807) is 18.2 Å². The first-order valence-corrected chi connectivity index (χ1v) is 7.38. The van der Waals surface area contributed by atoms with Crippen LogP contribution in [0.25, 0.3) is 0 Å². The van der Waals surface area contributed by atoms with E-state index in [9.17, 15) is 10.1 Å². The Balaban J connectivity index is 1.83. The van der Waals surface area contributed by atoms with Crippen LogP contribution in [0.3, 0.4) is 0 Å². The molecular weight excluding hydrogens is 254 g/mol. The third-order valence-electron chi connectivity index (χ3n) is 3.86. The summed E-state index contributed by atoms with van der Waals surface area (Å²) >= 11 is 0. The van der Waals surface area contributed by atoms with E-state index < -0.39 is 0 Å². The fourth-order valence-corrected chi connectivity index (χ4v) is 2.67. The zero-order chi connectivity index (χ0) is 14.4. The molecule has 1 aromatic carbocycles. The molecule has 0 unspecified atom stereocenters. The van der Waals surface area contributed by atoms with E-state index >= 15 is 0 Å². The van der Waals surface area contributed by atoms with Gasteiger partial charge in [-0.2, -0.15) is 0 Å². The smallest absolute Gasteiger partial charge is 0.269 e. The van der Waals surface area contributed by atoms with Gasteiger partial charge >= 0.3 is 0 Å². The second kappa shape index (κ2) is 7.24. The first-order valence-electron chi connectivity index (χ1n) is 7.38. The predicted molar refractivity (Wildman–Crippen MR) is 81.2 cm³/mol. The molecule has 110 valence electrons. The van der Waals surface area contributed by atoms with Crippen molar-refractivity contribution in [1.82, 2.24) is 4.90 Å². The molecule has 0 aliphatic carbocycles. The minimum Gasteiger partial charge on any atom is -0.384 e. The van der Waals surface area contributed by atoms with Gasteiger partial charge in [0.1, 0.15) is 0 Å². The summed E-state index contributed by atoms with van der Waals surface area (Å²) in [4.78, 5) is 12.8. The van der Waals surface area contributed by atoms with E-state index in [0.717, 1.165) is 24.3 Å². The second-order valence-electron chi connectivity index (χ2n) is 5.44. The number of hydrogen-bond donors (Lipinski definition) is 1. The van der Waals surface area contributed by atoms with Crippen LogP contribution in [0.4, 0.5) is 11.4 Å². The number of non-ortho nitro benzene ring substituents is 1. The van der Waals surface area contributed by atoms with Crippen LogP contribution in [0, 0.1) is 17.0 Å². The van der Waals surface area contributed by atoms with Crippen LogP contribution in [0.2, 0.25) is 0 Å². The summed E-state index contributed by atoms with van der Waals surface area (Å²) in [5.41, 5.74) is 2.07. The van der Waals surface area contributed by atoms with Crippen molar-refractivity contribution in [3.8, 4) is 0 Å². The average Bonchev–Trinajstić information content (AvgIpc) is 2.69. The molecule has 2 rings (SSSR count). The highest BCUT2D eigenvalue weighted by Gasteiger charge is 2.10. The van der Waals surface area contributed by atoms with Crippen molar-refractivity contribution in [1.29, 1.82) is 0 Å². The summed E-state index contributed by atoms with van der Waals surface area (Å²) in [6.45, 7) is 6.22. The summed E-state index contributed by atoms with van der Waals surface area (Å²) in [6, 6.07) is 4.98. The van der Waals surface area contributed by atoms with Gasteiger partial charge in [0.05, 0.1) is 4.92 Å². The van der Waals surface area contributed by atoms with Crippen LogP contribution in [0.1, 0.15) is 31.2 Å². The van der Waals surface area contributed by atoms with Crippen LogP contribution in [0.15, 0.2) is 18.2 Å². The van der Waals surface area contributed by atoms with Crippen molar-refractivity contribution >= 4 is 11.4 Å². The van der Waals surface area contributed by atoms with E-state index in [0.29, 0.717) is 0 Å². The van der Waals surface area contributed by atoms with Crippen molar-refractivity contribution < 1.29 is 4.92 Å². The molecule has 1 N–H and O–H groups in total. The minimum absolute atomic E-state index is 0.153. The van der Waals surface area contributed by atoms with E-state index in [2.05, 4.69) is 10.2 Å². The number of hydrogen-bond acceptors (Lipinski definition) is 4. The molecule has 1 aliphatic heterocycles. The largest absolute Gasteiger partial charge is 0.384 e. The molecule has 0 bridgehead atoms. The number of rotatable bonds is 5. The molecule has 5 nitrogen and oxygen atoms in total. The predicted octanol–water partition coefficient (Wildman–Crippen LogP) is 3.19. The SMILES string of the molecule is Cc1cc([N+](=O)[O-])ccc1NCCN1CCCCCC1. The molecule has 1 saturated heterocycles. The average molecular weight is 277 g/mol. The Bertz CT molecular complexity index is 454. The number of nitro groups is 1. The van der Waals surface area contributed by atoms with E-state index in [-0.39, 0.29) is 10.6 Å². The number of aryl methyl sites for hydroxylation is 1. The third kappa shape index (κ3) is 4.20. The number of nitrogens with zero attached hydrogens (tertiary/aromatic N) is 2. The van der Waals surface area contributed by atoms with Gasteiger partial charge in [0.2, 0.25) is 0 Å². The van der Waals surface area contributed by atoms with Crippen LogP contribution >= 0.6 is 0 Å². The molecule has 1 fully saturated rings. The van der Waals surface area contributed by atoms with Crippen molar-refractivity contribution in [2.24, 2.45) is 0 Å². The lowest BCUT2D eigenvalue weighted by atomic mass is 10.2. The number of likely N-dealkylation sites (tertiary alicyclic amines) is 1. The molecule has 5 heteroatoms. The van der Waals surface area contributed by atoms with Crippen molar-refractivity contribution in [3.63, 3.8) is 0 Å². The quantitative estimate of drug-likeness (QED) is 0.663. The molecule has 1 heterocycles. The van der Waals surface area contributed by atoms with Crippen molar-refractivity contribution in [2.75, 3.05) is 31.5 Å². The lowest BCUT2D eigenvalue weighted by molar-refractivity contribution is -0.384. The summed E-state index contributed by atoms with van der Waals surface area (Å²) in [5, 5.41) is 14.1. The minimum atomic E-state index is -0.353. The molecular formula is C15H23N3O2. The van der Waals surface area contributed by atoms with Gasteiger partial charge in [0.25, 0.3) is 5.69 Å². The highest BCUT2D eigenvalue weighted by molar-refractivity contribution is 5.55. The van der Waals surface area contributed by atoms with E-state index in [1.165, 1.54) is 38.8 Å². The van der Waals surface area contributed by atoms with Crippen LogP contribution in [-0.4, -0.2) is 36.0 Å². The molecule has 0 aromatic heterocycles. The van der Waals surface area contributed by atoms with Gasteiger partial charge in [-0.25, -0.2) is 0 Å². The molecule has 0 spiro atoms. The fraction of sp³-hybridized carbons (Fsp3) is 0.600. The number of nitro benzene ring substituents is 1. The van der Waals surface area contributed by atoms with Gasteiger partial charge in [0, 0.05) is 30.9 Å².